The smallest absolute Gasteiger partial charge is 0.306 e. The van der Waals surface area contributed by atoms with E-state index in [2.05, 4.69) is 86.8 Å². The summed E-state index contributed by atoms with van der Waals surface area (Å²) in [5, 5.41) is 0. The van der Waals surface area contributed by atoms with Crippen LogP contribution < -0.4 is 4.89 Å². The first-order chi connectivity index (χ1) is 50.0. The van der Waals surface area contributed by atoms with Crippen LogP contribution in [0.1, 0.15) is 450 Å². The van der Waals surface area contributed by atoms with Crippen LogP contribution in [0.15, 0.2) is 72.9 Å². The Kier molecular flexibility index (Phi) is 80.4. The number of carbonyl (C=O) groups is 2. The van der Waals surface area contributed by atoms with Gasteiger partial charge in [-0.2, -0.15) is 0 Å². The van der Waals surface area contributed by atoms with Gasteiger partial charge >= 0.3 is 11.9 Å². The van der Waals surface area contributed by atoms with Crippen LogP contribution in [-0.2, 0) is 32.7 Å². The minimum absolute atomic E-state index is 0.0286. The fourth-order valence-electron chi connectivity index (χ4n) is 13.5. The Hall–Kier alpha value is -2.55. The average molecular weight is 1450 g/mol. The van der Waals surface area contributed by atoms with Crippen molar-refractivity contribution >= 4 is 19.8 Å². The van der Waals surface area contributed by atoms with Crippen LogP contribution in [0.25, 0.3) is 0 Å². The number of phosphoric ester groups is 1. The summed E-state index contributed by atoms with van der Waals surface area (Å²) in [5.74, 6) is -0.808. The summed E-state index contributed by atoms with van der Waals surface area (Å²) < 4.78 is 34.5. The number of phosphoric acid groups is 1. The van der Waals surface area contributed by atoms with Gasteiger partial charge in [-0.3, -0.25) is 14.2 Å². The van der Waals surface area contributed by atoms with Crippen molar-refractivity contribution in [3.63, 3.8) is 0 Å². The van der Waals surface area contributed by atoms with Crippen LogP contribution in [0, 0.1) is 0 Å². The quantitative estimate of drug-likeness (QED) is 0.0195. The van der Waals surface area contributed by atoms with Crippen molar-refractivity contribution < 1.29 is 42.1 Å². The van der Waals surface area contributed by atoms with Gasteiger partial charge in [0, 0.05) is 12.8 Å². The van der Waals surface area contributed by atoms with Crippen molar-refractivity contribution in [2.75, 3.05) is 47.5 Å². The average Bonchev–Trinajstić information content (AvgIpc) is 0.913. The Labute approximate surface area is 635 Å². The number of unbranched alkanes of at least 4 members (excludes halogenated alkanes) is 58. The van der Waals surface area contributed by atoms with Crippen LogP contribution in [-0.4, -0.2) is 70.0 Å². The van der Waals surface area contributed by atoms with E-state index in [1.807, 2.05) is 21.1 Å². The van der Waals surface area contributed by atoms with Crippen molar-refractivity contribution in [3.05, 3.63) is 72.9 Å². The second-order valence-electron chi connectivity index (χ2n) is 31.6. The third-order valence-electron chi connectivity index (χ3n) is 20.2. The van der Waals surface area contributed by atoms with Gasteiger partial charge in [-0.05, 0) is 83.5 Å². The normalized spacial score (nSPS) is 13.3. The van der Waals surface area contributed by atoms with Gasteiger partial charge in [0.25, 0.3) is 7.82 Å². The number of rotatable bonds is 84. The van der Waals surface area contributed by atoms with Crippen LogP contribution in [0.4, 0.5) is 0 Å². The zero-order valence-electron chi connectivity index (χ0n) is 68.6. The number of ether oxygens (including phenoxy) is 2. The molecule has 0 fully saturated rings. The molecule has 102 heavy (non-hydrogen) atoms. The summed E-state index contributed by atoms with van der Waals surface area (Å²) in [6.45, 7) is 4.20. The maximum Gasteiger partial charge on any atom is 0.306 e. The number of hydrogen-bond acceptors (Lipinski definition) is 8. The number of likely N-dealkylation sites (N-methyl/N-ethyl adjacent to an activating group) is 1. The third-order valence-corrected chi connectivity index (χ3v) is 21.2. The molecule has 0 aliphatic heterocycles. The van der Waals surface area contributed by atoms with Gasteiger partial charge < -0.3 is 27.9 Å². The van der Waals surface area contributed by atoms with Crippen LogP contribution in [0.2, 0.25) is 0 Å². The second kappa shape index (κ2) is 82.5. The van der Waals surface area contributed by atoms with Crippen LogP contribution in [0.5, 0.6) is 0 Å². The highest BCUT2D eigenvalue weighted by Crippen LogP contribution is 2.38. The van der Waals surface area contributed by atoms with Gasteiger partial charge in [-0.15, -0.1) is 0 Å². The molecule has 0 amide bonds. The topological polar surface area (TPSA) is 111 Å². The molecule has 0 saturated heterocycles. The molecule has 0 rings (SSSR count). The maximum atomic E-state index is 12.9. The van der Waals surface area contributed by atoms with Gasteiger partial charge in [0.1, 0.15) is 19.8 Å². The van der Waals surface area contributed by atoms with Crippen molar-refractivity contribution in [1.29, 1.82) is 0 Å². The third kappa shape index (κ3) is 86.4. The van der Waals surface area contributed by atoms with Gasteiger partial charge in [-0.25, -0.2) is 0 Å². The number of esters is 2. The summed E-state index contributed by atoms with van der Waals surface area (Å²) in [6, 6.07) is 0. The lowest BCUT2D eigenvalue weighted by Gasteiger charge is -2.28. The Bertz CT molecular complexity index is 1950. The van der Waals surface area contributed by atoms with Crippen LogP contribution >= 0.6 is 7.82 Å². The summed E-state index contributed by atoms with van der Waals surface area (Å²) in [6.07, 6.45) is 114. The molecule has 0 aromatic heterocycles. The highest BCUT2D eigenvalue weighted by Gasteiger charge is 2.22. The first kappa shape index (κ1) is 99.5. The highest BCUT2D eigenvalue weighted by atomic mass is 31.2. The highest BCUT2D eigenvalue weighted by molar-refractivity contribution is 7.45. The molecule has 0 aliphatic carbocycles. The first-order valence-corrected chi connectivity index (χ1v) is 46.1. The van der Waals surface area contributed by atoms with Crippen molar-refractivity contribution in [3.8, 4) is 0 Å². The minimum Gasteiger partial charge on any atom is -0.756 e. The molecule has 0 bridgehead atoms. The molecule has 0 aliphatic rings. The molecule has 0 N–H and O–H groups in total. The molecule has 0 aromatic rings. The Morgan fingerprint density at radius 1 is 0.314 bits per heavy atom. The molecule has 0 radical (unpaired) electrons. The van der Waals surface area contributed by atoms with E-state index >= 15 is 0 Å². The predicted octanol–water partition coefficient (Wildman–Crippen LogP) is 29.6. The fourth-order valence-corrected chi connectivity index (χ4v) is 14.2. The lowest BCUT2D eigenvalue weighted by Crippen LogP contribution is -2.37. The van der Waals surface area contributed by atoms with Gasteiger partial charge in [0.2, 0.25) is 0 Å². The van der Waals surface area contributed by atoms with Crippen molar-refractivity contribution in [2.24, 2.45) is 0 Å². The Morgan fingerprint density at radius 3 is 0.843 bits per heavy atom. The van der Waals surface area contributed by atoms with E-state index in [4.69, 9.17) is 18.5 Å². The van der Waals surface area contributed by atoms with E-state index in [1.54, 1.807) is 0 Å². The Balaban J connectivity index is 3.85. The molecule has 2 unspecified atom stereocenters. The van der Waals surface area contributed by atoms with E-state index in [-0.39, 0.29) is 32.0 Å². The molecule has 9 nitrogen and oxygen atoms in total. The molecule has 0 spiro atoms. The van der Waals surface area contributed by atoms with E-state index < -0.39 is 26.5 Å². The van der Waals surface area contributed by atoms with Gasteiger partial charge in [-0.1, -0.05) is 427 Å². The summed E-state index contributed by atoms with van der Waals surface area (Å²) >= 11 is 0. The van der Waals surface area contributed by atoms with Gasteiger partial charge in [0.05, 0.1) is 27.7 Å². The molecule has 2 atom stereocenters. The summed E-state index contributed by atoms with van der Waals surface area (Å²) in [4.78, 5) is 38.3. The number of allylic oxidation sites excluding steroid dienone is 12. The summed E-state index contributed by atoms with van der Waals surface area (Å²) in [7, 11) is 1.19. The van der Waals surface area contributed by atoms with E-state index in [9.17, 15) is 19.0 Å². The zero-order chi connectivity index (χ0) is 74.0. The lowest BCUT2D eigenvalue weighted by atomic mass is 10.0. The van der Waals surface area contributed by atoms with Crippen molar-refractivity contribution in [1.82, 2.24) is 0 Å². The molecule has 0 heterocycles. The van der Waals surface area contributed by atoms with Crippen LogP contribution in [0.3, 0.4) is 0 Å². The molecular formula is C92H172NO8P. The largest absolute Gasteiger partial charge is 0.756 e. The molecule has 0 saturated carbocycles. The zero-order valence-corrected chi connectivity index (χ0v) is 69.5. The van der Waals surface area contributed by atoms with Crippen molar-refractivity contribution in [2.45, 2.75) is 457 Å². The minimum atomic E-state index is -4.65. The standard InChI is InChI=1S/C92H172NO8P/c1-6-8-10-12-14-16-18-20-22-24-26-28-30-32-34-36-38-40-42-44-45-46-47-49-50-52-54-56-58-60-62-64-66-68-70-72-74-76-78-80-82-84-91(94)98-88-90(89-100-102(96,97)99-87-86-93(3,4)5)101-92(95)85-83-81-79-77-75-73-71-69-67-65-63-61-59-57-55-53-51-48-43-41-39-37-35-33-31-29-27-25-23-21-19-17-15-13-11-9-7-2/h9,11,15,17,21,23-24,26-27,29,33,35,90H,6-8,10,12-14,16,18-20,22,25,28,30-32,34,36-89H2,1-5H3/b11-9-,17-15-,23-21-,26-24-,29-27-,35-33-. The molecule has 598 valence electrons. The lowest BCUT2D eigenvalue weighted by molar-refractivity contribution is -0.870. The van der Waals surface area contributed by atoms with E-state index in [1.165, 1.54) is 353 Å². The number of quaternary nitrogens is 1. The molecule has 0 aromatic carbocycles. The van der Waals surface area contributed by atoms with E-state index in [0.717, 1.165) is 64.2 Å². The molecular weight excluding hydrogens is 1280 g/mol. The SMILES string of the molecule is CC/C=C\C/C=C\C/C=C\C/C=C\C/C=C\CCCCCCCCCCCCCCCCCCCCCCCC(=O)OC(COC(=O)CCCCCCCCCCCCCCCCCCCCCCCCCCCCCCC/C=C\CCCCCCCCCC)COP(=O)([O-])OCC[N+](C)(C)C. The number of nitrogens with zero attached hydrogens (tertiary/aromatic N) is 1. The Morgan fingerprint density at radius 2 is 0.559 bits per heavy atom. The fraction of sp³-hybridized carbons (Fsp3) is 0.848. The number of carbonyl (C=O) groups excluding carboxylic acids is 2. The first-order valence-electron chi connectivity index (χ1n) is 44.6. The monoisotopic (exact) mass is 1450 g/mol. The van der Waals surface area contributed by atoms with Gasteiger partial charge in [0.15, 0.2) is 6.10 Å². The maximum absolute atomic E-state index is 12.9. The second-order valence-corrected chi connectivity index (χ2v) is 33.0. The van der Waals surface area contributed by atoms with E-state index in [0.29, 0.717) is 17.4 Å². The summed E-state index contributed by atoms with van der Waals surface area (Å²) in [5.41, 5.74) is 0. The molecule has 10 heteroatoms. The number of hydrogen-bond donors (Lipinski definition) is 0. The predicted molar refractivity (Wildman–Crippen MR) is 443 cm³/mol.